The van der Waals surface area contributed by atoms with Crippen LogP contribution in [-0.4, -0.2) is 48.3 Å². The van der Waals surface area contributed by atoms with Crippen LogP contribution < -0.4 is 0 Å². The largest absolute Gasteiger partial charge is 0.388 e. The summed E-state index contributed by atoms with van der Waals surface area (Å²) in [5.74, 6) is -0.114. The lowest BCUT2D eigenvalue weighted by Crippen LogP contribution is -2.47. The SMILES string of the molecule is CN(CC1(O)CCOCC1)C(=O)c1ccc(Cl)cc1. The van der Waals surface area contributed by atoms with Crippen LogP contribution in [0.4, 0.5) is 0 Å². The summed E-state index contributed by atoms with van der Waals surface area (Å²) >= 11 is 5.79. The second-order valence-electron chi connectivity index (χ2n) is 5.00. The van der Waals surface area contributed by atoms with E-state index in [1.165, 1.54) is 0 Å². The molecular formula is C14H18ClNO3. The molecule has 1 aliphatic rings. The zero-order valence-corrected chi connectivity index (χ0v) is 11.7. The predicted octanol–water partition coefficient (Wildman–Crippen LogP) is 1.95. The Labute approximate surface area is 117 Å². The lowest BCUT2D eigenvalue weighted by atomic mass is 9.94. The van der Waals surface area contributed by atoms with Crippen molar-refractivity contribution in [2.75, 3.05) is 26.8 Å². The third kappa shape index (κ3) is 3.69. The van der Waals surface area contributed by atoms with E-state index in [0.29, 0.717) is 43.2 Å². The molecule has 1 fully saturated rings. The number of hydrogen-bond acceptors (Lipinski definition) is 3. The molecule has 0 aliphatic carbocycles. The maximum atomic E-state index is 12.2. The van der Waals surface area contributed by atoms with Crippen LogP contribution in [0.25, 0.3) is 0 Å². The van der Waals surface area contributed by atoms with Crippen LogP contribution >= 0.6 is 11.6 Å². The van der Waals surface area contributed by atoms with Gasteiger partial charge in [-0.05, 0) is 24.3 Å². The van der Waals surface area contributed by atoms with Gasteiger partial charge in [0.2, 0.25) is 0 Å². The molecule has 1 saturated heterocycles. The minimum Gasteiger partial charge on any atom is -0.388 e. The van der Waals surface area contributed by atoms with Gasteiger partial charge in [0.05, 0.1) is 5.60 Å². The molecular weight excluding hydrogens is 266 g/mol. The van der Waals surface area contributed by atoms with E-state index >= 15 is 0 Å². The summed E-state index contributed by atoms with van der Waals surface area (Å²) in [6.45, 7) is 1.40. The molecule has 1 amide bonds. The van der Waals surface area contributed by atoms with Gasteiger partial charge in [-0.3, -0.25) is 4.79 Å². The van der Waals surface area contributed by atoms with Gasteiger partial charge in [0.1, 0.15) is 0 Å². The molecule has 0 spiro atoms. The Morgan fingerprint density at radius 3 is 2.53 bits per heavy atom. The highest BCUT2D eigenvalue weighted by molar-refractivity contribution is 6.30. The zero-order valence-electron chi connectivity index (χ0n) is 10.9. The number of ether oxygens (including phenoxy) is 1. The Kier molecular flexibility index (Phi) is 4.45. The first-order valence-electron chi connectivity index (χ1n) is 6.31. The van der Waals surface area contributed by atoms with Gasteiger partial charge in [-0.2, -0.15) is 0 Å². The Hall–Kier alpha value is -1.10. The Bertz CT molecular complexity index is 441. The highest BCUT2D eigenvalue weighted by Gasteiger charge is 2.32. The van der Waals surface area contributed by atoms with Crippen LogP contribution in [0.3, 0.4) is 0 Å². The molecule has 1 aliphatic heterocycles. The molecule has 1 N–H and O–H groups in total. The summed E-state index contributed by atoms with van der Waals surface area (Å²) in [7, 11) is 1.70. The van der Waals surface area contributed by atoms with Crippen molar-refractivity contribution < 1.29 is 14.6 Å². The molecule has 1 heterocycles. The summed E-state index contributed by atoms with van der Waals surface area (Å²) < 4.78 is 5.23. The molecule has 0 unspecified atom stereocenters. The van der Waals surface area contributed by atoms with Crippen LogP contribution in [0.5, 0.6) is 0 Å². The van der Waals surface area contributed by atoms with Gasteiger partial charge in [-0.15, -0.1) is 0 Å². The minimum atomic E-state index is -0.838. The third-order valence-corrected chi connectivity index (χ3v) is 3.64. The highest BCUT2D eigenvalue weighted by atomic mass is 35.5. The Balaban J connectivity index is 2.00. The molecule has 19 heavy (non-hydrogen) atoms. The Morgan fingerprint density at radius 1 is 1.37 bits per heavy atom. The fourth-order valence-corrected chi connectivity index (χ4v) is 2.36. The molecule has 104 valence electrons. The summed E-state index contributed by atoms with van der Waals surface area (Å²) in [6, 6.07) is 6.75. The van der Waals surface area contributed by atoms with E-state index in [9.17, 15) is 9.90 Å². The van der Waals surface area contributed by atoms with E-state index in [-0.39, 0.29) is 5.91 Å². The van der Waals surface area contributed by atoms with Gasteiger partial charge in [-0.1, -0.05) is 11.6 Å². The summed E-state index contributed by atoms with van der Waals surface area (Å²) in [4.78, 5) is 13.8. The van der Waals surface area contributed by atoms with Gasteiger partial charge in [0.15, 0.2) is 0 Å². The first kappa shape index (κ1) is 14.3. The van der Waals surface area contributed by atoms with Gasteiger partial charge in [0, 0.05) is 50.2 Å². The van der Waals surface area contributed by atoms with Crippen LogP contribution in [0.1, 0.15) is 23.2 Å². The highest BCUT2D eigenvalue weighted by Crippen LogP contribution is 2.22. The number of likely N-dealkylation sites (N-methyl/N-ethyl adjacent to an activating group) is 1. The smallest absolute Gasteiger partial charge is 0.253 e. The van der Waals surface area contributed by atoms with Gasteiger partial charge in [0.25, 0.3) is 5.91 Å². The lowest BCUT2D eigenvalue weighted by Gasteiger charge is -2.35. The van der Waals surface area contributed by atoms with Crippen LogP contribution in [-0.2, 0) is 4.74 Å². The van der Waals surface area contributed by atoms with Crippen LogP contribution in [0.2, 0.25) is 5.02 Å². The van der Waals surface area contributed by atoms with Crippen molar-refractivity contribution >= 4 is 17.5 Å². The second kappa shape index (κ2) is 5.90. The average Bonchev–Trinajstić information content (AvgIpc) is 2.39. The standard InChI is InChI=1S/C14H18ClNO3/c1-16(10-14(18)6-8-19-9-7-14)13(17)11-2-4-12(15)5-3-11/h2-5,18H,6-10H2,1H3. The lowest BCUT2D eigenvalue weighted by molar-refractivity contribution is -0.0734. The summed E-state index contributed by atoms with van der Waals surface area (Å²) in [5, 5.41) is 11.0. The van der Waals surface area contributed by atoms with Crippen molar-refractivity contribution in [1.29, 1.82) is 0 Å². The Morgan fingerprint density at radius 2 is 1.95 bits per heavy atom. The van der Waals surface area contributed by atoms with E-state index in [4.69, 9.17) is 16.3 Å². The van der Waals surface area contributed by atoms with Crippen LogP contribution in [0.15, 0.2) is 24.3 Å². The monoisotopic (exact) mass is 283 g/mol. The van der Waals surface area contributed by atoms with Crippen molar-refractivity contribution in [2.24, 2.45) is 0 Å². The van der Waals surface area contributed by atoms with Crippen molar-refractivity contribution in [2.45, 2.75) is 18.4 Å². The van der Waals surface area contributed by atoms with Crippen molar-refractivity contribution in [3.8, 4) is 0 Å². The molecule has 1 aromatic carbocycles. The molecule has 0 atom stereocenters. The van der Waals surface area contributed by atoms with Gasteiger partial charge < -0.3 is 14.7 Å². The van der Waals surface area contributed by atoms with E-state index in [0.717, 1.165) is 0 Å². The quantitative estimate of drug-likeness (QED) is 0.922. The van der Waals surface area contributed by atoms with Gasteiger partial charge >= 0.3 is 0 Å². The molecule has 4 nitrogen and oxygen atoms in total. The van der Waals surface area contributed by atoms with Crippen LogP contribution in [0, 0.1) is 0 Å². The number of halogens is 1. The number of amides is 1. The first-order chi connectivity index (χ1) is 9.00. The topological polar surface area (TPSA) is 49.8 Å². The second-order valence-corrected chi connectivity index (χ2v) is 5.44. The van der Waals surface area contributed by atoms with E-state index in [1.54, 1.807) is 36.2 Å². The minimum absolute atomic E-state index is 0.114. The predicted molar refractivity (Wildman–Crippen MR) is 73.4 cm³/mol. The fourth-order valence-electron chi connectivity index (χ4n) is 2.24. The number of aliphatic hydroxyl groups is 1. The fraction of sp³-hybridized carbons (Fsp3) is 0.500. The summed E-state index contributed by atoms with van der Waals surface area (Å²) in [6.07, 6.45) is 1.12. The summed E-state index contributed by atoms with van der Waals surface area (Å²) in [5.41, 5.74) is -0.266. The zero-order chi connectivity index (χ0) is 13.9. The molecule has 2 rings (SSSR count). The maximum absolute atomic E-state index is 12.2. The van der Waals surface area contributed by atoms with Crippen molar-refractivity contribution in [3.63, 3.8) is 0 Å². The van der Waals surface area contributed by atoms with E-state index in [2.05, 4.69) is 0 Å². The molecule has 0 aromatic heterocycles. The molecule has 1 aromatic rings. The number of hydrogen-bond donors (Lipinski definition) is 1. The number of rotatable bonds is 3. The van der Waals surface area contributed by atoms with E-state index in [1.807, 2.05) is 0 Å². The third-order valence-electron chi connectivity index (χ3n) is 3.39. The van der Waals surface area contributed by atoms with E-state index < -0.39 is 5.60 Å². The number of carbonyl (C=O) groups excluding carboxylic acids is 1. The molecule has 5 heteroatoms. The number of carbonyl (C=O) groups is 1. The van der Waals surface area contributed by atoms with Gasteiger partial charge in [-0.25, -0.2) is 0 Å². The maximum Gasteiger partial charge on any atom is 0.253 e. The molecule has 0 saturated carbocycles. The molecule has 0 radical (unpaired) electrons. The first-order valence-corrected chi connectivity index (χ1v) is 6.69. The number of benzene rings is 1. The van der Waals surface area contributed by atoms with Crippen molar-refractivity contribution in [3.05, 3.63) is 34.9 Å². The van der Waals surface area contributed by atoms with Crippen molar-refractivity contribution in [1.82, 2.24) is 4.90 Å². The number of nitrogens with zero attached hydrogens (tertiary/aromatic N) is 1. The molecule has 0 bridgehead atoms. The normalized spacial score (nSPS) is 18.1. The average molecular weight is 284 g/mol.